The molecule has 0 aromatic heterocycles. The van der Waals surface area contributed by atoms with E-state index in [1.807, 2.05) is 19.0 Å². The molecule has 1 heterocycles. The van der Waals surface area contributed by atoms with E-state index in [0.29, 0.717) is 25.2 Å². The third-order valence-electron chi connectivity index (χ3n) is 6.42. The maximum Gasteiger partial charge on any atom is 0.225 e. The maximum atomic E-state index is 13.3. The SMILES string of the molecule is CC[C@H](C)[C@@H]([C@@H](CC(=O)N1CCC[C@H]1[C@H](OC)[C@@H](C)C(=O)NCC=O)OC)N(C)C. The first-order valence-corrected chi connectivity index (χ1v) is 11.0. The van der Waals surface area contributed by atoms with Crippen molar-refractivity contribution < 1.29 is 23.9 Å². The Morgan fingerprint density at radius 3 is 2.40 bits per heavy atom. The number of ether oxygens (including phenoxy) is 2. The fraction of sp³-hybridized carbons (Fsp3) is 0.864. The molecule has 174 valence electrons. The van der Waals surface area contributed by atoms with Gasteiger partial charge >= 0.3 is 0 Å². The second kappa shape index (κ2) is 13.0. The summed E-state index contributed by atoms with van der Waals surface area (Å²) in [6.07, 6.45) is 2.97. The predicted octanol–water partition coefficient (Wildman–Crippen LogP) is 1.33. The van der Waals surface area contributed by atoms with Crippen LogP contribution in [0.2, 0.25) is 0 Å². The lowest BCUT2D eigenvalue weighted by Gasteiger charge is -2.38. The second-order valence-corrected chi connectivity index (χ2v) is 8.52. The zero-order valence-corrected chi connectivity index (χ0v) is 19.7. The van der Waals surface area contributed by atoms with Crippen molar-refractivity contribution in [3.05, 3.63) is 0 Å². The van der Waals surface area contributed by atoms with Crippen LogP contribution >= 0.6 is 0 Å². The molecule has 1 aliphatic heterocycles. The van der Waals surface area contributed by atoms with E-state index in [-0.39, 0.29) is 36.5 Å². The molecule has 0 aliphatic carbocycles. The molecular weight excluding hydrogens is 386 g/mol. The summed E-state index contributed by atoms with van der Waals surface area (Å²) in [4.78, 5) is 40.2. The highest BCUT2D eigenvalue weighted by molar-refractivity contribution is 5.81. The zero-order valence-electron chi connectivity index (χ0n) is 19.7. The summed E-state index contributed by atoms with van der Waals surface area (Å²) in [5, 5.41) is 2.59. The van der Waals surface area contributed by atoms with Crippen molar-refractivity contribution in [2.75, 3.05) is 41.4 Å². The molecule has 0 radical (unpaired) electrons. The number of hydrogen-bond acceptors (Lipinski definition) is 6. The smallest absolute Gasteiger partial charge is 0.225 e. The number of amides is 2. The molecule has 0 aromatic rings. The van der Waals surface area contributed by atoms with Crippen LogP contribution in [0.5, 0.6) is 0 Å². The highest BCUT2D eigenvalue weighted by Gasteiger charge is 2.41. The molecule has 0 aromatic carbocycles. The Labute approximate surface area is 181 Å². The van der Waals surface area contributed by atoms with Gasteiger partial charge in [-0.15, -0.1) is 0 Å². The number of likely N-dealkylation sites (tertiary alicyclic amines) is 1. The molecule has 6 atom stereocenters. The largest absolute Gasteiger partial charge is 0.379 e. The quantitative estimate of drug-likeness (QED) is 0.446. The summed E-state index contributed by atoms with van der Waals surface area (Å²) in [6, 6.07) is -0.0327. The predicted molar refractivity (Wildman–Crippen MR) is 116 cm³/mol. The Hall–Kier alpha value is -1.51. The molecule has 8 heteroatoms. The van der Waals surface area contributed by atoms with Gasteiger partial charge in [0, 0.05) is 26.8 Å². The first kappa shape index (κ1) is 26.5. The van der Waals surface area contributed by atoms with Crippen LogP contribution < -0.4 is 5.32 Å². The molecule has 1 saturated heterocycles. The first-order chi connectivity index (χ1) is 14.2. The van der Waals surface area contributed by atoms with Crippen molar-refractivity contribution in [1.29, 1.82) is 0 Å². The van der Waals surface area contributed by atoms with Gasteiger partial charge in [-0.1, -0.05) is 27.2 Å². The lowest BCUT2D eigenvalue weighted by Crippen LogP contribution is -2.52. The molecule has 2 amide bonds. The van der Waals surface area contributed by atoms with Crippen molar-refractivity contribution >= 4 is 18.1 Å². The highest BCUT2D eigenvalue weighted by Crippen LogP contribution is 2.28. The van der Waals surface area contributed by atoms with E-state index in [4.69, 9.17) is 9.47 Å². The van der Waals surface area contributed by atoms with Crippen molar-refractivity contribution in [3.8, 4) is 0 Å². The number of rotatable bonds is 13. The van der Waals surface area contributed by atoms with Crippen molar-refractivity contribution in [2.45, 2.75) is 70.7 Å². The average Bonchev–Trinajstić information content (AvgIpc) is 3.20. The van der Waals surface area contributed by atoms with Crippen LogP contribution in [0.15, 0.2) is 0 Å². The average molecular weight is 428 g/mol. The number of hydrogen-bond donors (Lipinski definition) is 1. The van der Waals surface area contributed by atoms with Crippen LogP contribution in [0.1, 0.15) is 46.5 Å². The van der Waals surface area contributed by atoms with Gasteiger partial charge in [-0.05, 0) is 32.9 Å². The monoisotopic (exact) mass is 427 g/mol. The van der Waals surface area contributed by atoms with Crippen LogP contribution in [0.4, 0.5) is 0 Å². The number of aldehydes is 1. The summed E-state index contributed by atoms with van der Waals surface area (Å²) in [7, 11) is 7.27. The number of nitrogens with zero attached hydrogens (tertiary/aromatic N) is 2. The molecule has 1 rings (SSSR count). The fourth-order valence-electron chi connectivity index (χ4n) is 4.67. The Morgan fingerprint density at radius 2 is 1.90 bits per heavy atom. The molecule has 0 bridgehead atoms. The number of carbonyl (C=O) groups excluding carboxylic acids is 3. The number of carbonyl (C=O) groups is 3. The van der Waals surface area contributed by atoms with Gasteiger partial charge in [0.1, 0.15) is 6.29 Å². The molecule has 0 unspecified atom stereocenters. The van der Waals surface area contributed by atoms with Crippen molar-refractivity contribution in [2.24, 2.45) is 11.8 Å². The van der Waals surface area contributed by atoms with E-state index in [9.17, 15) is 14.4 Å². The summed E-state index contributed by atoms with van der Waals surface area (Å²) in [5.74, 6) is -0.295. The van der Waals surface area contributed by atoms with E-state index >= 15 is 0 Å². The maximum absolute atomic E-state index is 13.3. The van der Waals surface area contributed by atoms with E-state index in [0.717, 1.165) is 19.3 Å². The highest BCUT2D eigenvalue weighted by atomic mass is 16.5. The molecule has 30 heavy (non-hydrogen) atoms. The van der Waals surface area contributed by atoms with Crippen molar-refractivity contribution in [3.63, 3.8) is 0 Å². The van der Waals surface area contributed by atoms with Gasteiger partial charge < -0.3 is 29.4 Å². The molecular formula is C22H41N3O5. The Kier molecular flexibility index (Phi) is 11.5. The van der Waals surface area contributed by atoms with E-state index < -0.39 is 12.0 Å². The summed E-state index contributed by atoms with van der Waals surface area (Å²) in [6.45, 7) is 6.73. The summed E-state index contributed by atoms with van der Waals surface area (Å²) in [5.41, 5.74) is 0. The lowest BCUT2D eigenvalue weighted by atomic mass is 9.91. The van der Waals surface area contributed by atoms with Crippen LogP contribution in [-0.2, 0) is 23.9 Å². The summed E-state index contributed by atoms with van der Waals surface area (Å²) < 4.78 is 11.4. The normalized spacial score (nSPS) is 21.7. The molecule has 0 saturated carbocycles. The minimum Gasteiger partial charge on any atom is -0.379 e. The van der Waals surface area contributed by atoms with Gasteiger partial charge in [0.2, 0.25) is 11.8 Å². The van der Waals surface area contributed by atoms with Gasteiger partial charge in [-0.25, -0.2) is 0 Å². The van der Waals surface area contributed by atoms with Crippen LogP contribution in [0.3, 0.4) is 0 Å². The minimum atomic E-state index is -0.471. The molecule has 1 N–H and O–H groups in total. The van der Waals surface area contributed by atoms with Gasteiger partial charge in [0.05, 0.1) is 37.1 Å². The molecule has 8 nitrogen and oxygen atoms in total. The Balaban J connectivity index is 2.93. The van der Waals surface area contributed by atoms with Gasteiger partial charge in [-0.2, -0.15) is 0 Å². The minimum absolute atomic E-state index is 0.0238. The van der Waals surface area contributed by atoms with E-state index in [2.05, 4.69) is 24.1 Å². The van der Waals surface area contributed by atoms with Gasteiger partial charge in [0.25, 0.3) is 0 Å². The third kappa shape index (κ3) is 6.75. The zero-order chi connectivity index (χ0) is 22.8. The molecule has 1 aliphatic rings. The standard InChI is InChI=1S/C22H41N3O5/c1-8-15(2)20(24(4)5)18(29-6)14-19(27)25-12-9-10-17(25)21(30-7)16(3)22(28)23-11-13-26/h13,15-18,20-21H,8-12,14H2,1-7H3,(H,23,28)/t15-,16+,17-,18+,20-,21+/m0/s1. The van der Waals surface area contributed by atoms with E-state index in [1.165, 1.54) is 0 Å². The number of likely N-dealkylation sites (N-methyl/N-ethyl adjacent to an activating group) is 1. The summed E-state index contributed by atoms with van der Waals surface area (Å²) >= 11 is 0. The fourth-order valence-corrected chi connectivity index (χ4v) is 4.67. The van der Waals surface area contributed by atoms with Gasteiger partial charge in [-0.3, -0.25) is 9.59 Å². The molecule has 0 spiro atoms. The third-order valence-corrected chi connectivity index (χ3v) is 6.42. The topological polar surface area (TPSA) is 88.2 Å². The van der Waals surface area contributed by atoms with Crippen molar-refractivity contribution in [1.82, 2.24) is 15.1 Å². The number of nitrogens with one attached hydrogen (secondary N) is 1. The van der Waals surface area contributed by atoms with Crippen LogP contribution in [-0.4, -0.2) is 93.6 Å². The second-order valence-electron chi connectivity index (χ2n) is 8.52. The first-order valence-electron chi connectivity index (χ1n) is 11.0. The lowest BCUT2D eigenvalue weighted by molar-refractivity contribution is -0.142. The van der Waals surface area contributed by atoms with E-state index in [1.54, 1.807) is 21.1 Å². The number of methoxy groups -OCH3 is 2. The van der Waals surface area contributed by atoms with Gasteiger partial charge in [0.15, 0.2) is 0 Å². The van der Waals surface area contributed by atoms with Crippen LogP contribution in [0, 0.1) is 11.8 Å². The Morgan fingerprint density at radius 1 is 1.23 bits per heavy atom. The van der Waals surface area contributed by atoms with Crippen LogP contribution in [0.25, 0.3) is 0 Å². The molecule has 1 fully saturated rings. The Bertz CT molecular complexity index is 557.